The molecule has 0 bridgehead atoms. The topological polar surface area (TPSA) is 29.1 Å². The van der Waals surface area contributed by atoms with Crippen LogP contribution < -0.4 is 5.32 Å². The lowest BCUT2D eigenvalue weighted by Gasteiger charge is -2.22. The van der Waals surface area contributed by atoms with E-state index in [-0.39, 0.29) is 17.9 Å². The average Bonchev–Trinajstić information content (AvgIpc) is 2.38. The fraction of sp³-hybridized carbons (Fsp3) is 0.250. The zero-order valence-corrected chi connectivity index (χ0v) is 13.6. The Kier molecular flexibility index (Phi) is 5.78. The van der Waals surface area contributed by atoms with Gasteiger partial charge in [-0.05, 0) is 57.2 Å². The molecule has 1 atom stereocenters. The van der Waals surface area contributed by atoms with Gasteiger partial charge in [-0.15, -0.1) is 12.4 Å². The SMILES string of the molecule is CC(C)(C)Nc1ccc(S(=O)c2ccccc2)cc1.Cl. The number of hydrogen-bond donors (Lipinski definition) is 1. The van der Waals surface area contributed by atoms with Crippen molar-refractivity contribution < 1.29 is 4.21 Å². The van der Waals surface area contributed by atoms with Crippen molar-refractivity contribution in [2.45, 2.75) is 36.1 Å². The van der Waals surface area contributed by atoms with Crippen molar-refractivity contribution in [1.29, 1.82) is 0 Å². The molecule has 0 aliphatic carbocycles. The van der Waals surface area contributed by atoms with Crippen LogP contribution in [0.15, 0.2) is 64.4 Å². The van der Waals surface area contributed by atoms with Crippen LogP contribution in [0.1, 0.15) is 20.8 Å². The Morgan fingerprint density at radius 1 is 0.850 bits per heavy atom. The minimum Gasteiger partial charge on any atom is -0.380 e. The first-order valence-electron chi connectivity index (χ1n) is 6.31. The van der Waals surface area contributed by atoms with E-state index in [2.05, 4.69) is 26.1 Å². The standard InChI is InChI=1S/C16H19NOS.ClH/c1-16(2,3)17-13-9-11-15(12-10-13)19(18)14-7-5-4-6-8-14;/h4-12,17H,1-3H3;1H. The Hall–Kier alpha value is -1.32. The number of rotatable bonds is 3. The number of anilines is 1. The van der Waals surface area contributed by atoms with Gasteiger partial charge in [-0.2, -0.15) is 0 Å². The van der Waals surface area contributed by atoms with E-state index in [1.807, 2.05) is 54.6 Å². The Morgan fingerprint density at radius 2 is 1.35 bits per heavy atom. The lowest BCUT2D eigenvalue weighted by Crippen LogP contribution is -2.25. The third kappa shape index (κ3) is 4.66. The minimum atomic E-state index is -1.11. The van der Waals surface area contributed by atoms with Crippen LogP contribution in [0.25, 0.3) is 0 Å². The molecule has 1 N–H and O–H groups in total. The molecule has 0 aliphatic heterocycles. The summed E-state index contributed by atoms with van der Waals surface area (Å²) in [6.45, 7) is 6.34. The predicted octanol–water partition coefficient (Wildman–Crippen LogP) is 4.49. The van der Waals surface area contributed by atoms with E-state index in [0.29, 0.717) is 0 Å². The van der Waals surface area contributed by atoms with Gasteiger partial charge in [0.05, 0.1) is 10.8 Å². The molecular formula is C16H20ClNOS. The molecule has 0 heterocycles. The predicted molar refractivity (Wildman–Crippen MR) is 88.2 cm³/mol. The molecule has 2 nitrogen and oxygen atoms in total. The summed E-state index contributed by atoms with van der Waals surface area (Å²) in [5.74, 6) is 0. The highest BCUT2D eigenvalue weighted by molar-refractivity contribution is 7.85. The van der Waals surface area contributed by atoms with Crippen LogP contribution in [0, 0.1) is 0 Å². The van der Waals surface area contributed by atoms with Crippen LogP contribution in [0.2, 0.25) is 0 Å². The second-order valence-electron chi connectivity index (χ2n) is 5.48. The molecule has 108 valence electrons. The maximum atomic E-state index is 12.3. The zero-order valence-electron chi connectivity index (χ0n) is 11.9. The molecule has 0 saturated heterocycles. The second kappa shape index (κ2) is 6.91. The van der Waals surface area contributed by atoms with E-state index >= 15 is 0 Å². The number of halogens is 1. The van der Waals surface area contributed by atoms with Crippen molar-refractivity contribution in [3.63, 3.8) is 0 Å². The quantitative estimate of drug-likeness (QED) is 0.905. The van der Waals surface area contributed by atoms with Gasteiger partial charge in [0.25, 0.3) is 0 Å². The maximum absolute atomic E-state index is 12.3. The van der Waals surface area contributed by atoms with Crippen LogP contribution >= 0.6 is 12.4 Å². The van der Waals surface area contributed by atoms with Crippen LogP contribution in [0.5, 0.6) is 0 Å². The fourth-order valence-corrected chi connectivity index (χ4v) is 2.83. The van der Waals surface area contributed by atoms with Crippen molar-refractivity contribution in [1.82, 2.24) is 0 Å². The summed E-state index contributed by atoms with van der Waals surface area (Å²) in [5.41, 5.74) is 1.07. The number of hydrogen-bond acceptors (Lipinski definition) is 2. The van der Waals surface area contributed by atoms with E-state index in [9.17, 15) is 4.21 Å². The van der Waals surface area contributed by atoms with Crippen molar-refractivity contribution in [3.05, 3.63) is 54.6 Å². The molecule has 0 radical (unpaired) electrons. The molecule has 2 aromatic carbocycles. The molecule has 2 aromatic rings. The zero-order chi connectivity index (χ0) is 13.9. The third-order valence-corrected chi connectivity index (χ3v) is 3.95. The van der Waals surface area contributed by atoms with Crippen LogP contribution in [0.4, 0.5) is 5.69 Å². The molecule has 0 aromatic heterocycles. The van der Waals surface area contributed by atoms with Gasteiger partial charge in [0.15, 0.2) is 0 Å². The molecule has 0 spiro atoms. The summed E-state index contributed by atoms with van der Waals surface area (Å²) in [6.07, 6.45) is 0. The minimum absolute atomic E-state index is 0. The monoisotopic (exact) mass is 309 g/mol. The molecule has 0 fully saturated rings. The molecule has 0 saturated carbocycles. The van der Waals surface area contributed by atoms with Crippen molar-refractivity contribution in [2.75, 3.05) is 5.32 Å². The fourth-order valence-electron chi connectivity index (χ4n) is 1.78. The summed E-state index contributed by atoms with van der Waals surface area (Å²) in [6, 6.07) is 17.3. The van der Waals surface area contributed by atoms with Crippen molar-refractivity contribution >= 4 is 28.9 Å². The Bertz CT molecular complexity index is 561. The summed E-state index contributed by atoms with van der Waals surface area (Å²) in [5, 5.41) is 3.39. The first-order chi connectivity index (χ1) is 8.96. The average molecular weight is 310 g/mol. The highest BCUT2D eigenvalue weighted by atomic mass is 35.5. The molecule has 20 heavy (non-hydrogen) atoms. The first kappa shape index (κ1) is 16.7. The lowest BCUT2D eigenvalue weighted by atomic mass is 10.1. The summed E-state index contributed by atoms with van der Waals surface area (Å²) in [7, 11) is -1.11. The van der Waals surface area contributed by atoms with Crippen LogP contribution in [0.3, 0.4) is 0 Å². The van der Waals surface area contributed by atoms with Crippen LogP contribution in [-0.2, 0) is 10.8 Å². The molecular weight excluding hydrogens is 290 g/mol. The van der Waals surface area contributed by atoms with Gasteiger partial charge in [-0.3, -0.25) is 0 Å². The van der Waals surface area contributed by atoms with Gasteiger partial charge >= 0.3 is 0 Å². The highest BCUT2D eigenvalue weighted by Crippen LogP contribution is 2.20. The van der Waals surface area contributed by atoms with Crippen molar-refractivity contribution in [2.24, 2.45) is 0 Å². The van der Waals surface area contributed by atoms with Gasteiger partial charge in [0.2, 0.25) is 0 Å². The van der Waals surface area contributed by atoms with Gasteiger partial charge < -0.3 is 5.32 Å². The van der Waals surface area contributed by atoms with E-state index in [4.69, 9.17) is 0 Å². The van der Waals surface area contributed by atoms with Crippen LogP contribution in [-0.4, -0.2) is 9.75 Å². The largest absolute Gasteiger partial charge is 0.380 e. The molecule has 4 heteroatoms. The normalized spacial score (nSPS) is 12.3. The van der Waals surface area contributed by atoms with Gasteiger partial charge in [-0.1, -0.05) is 18.2 Å². The second-order valence-corrected chi connectivity index (χ2v) is 6.96. The number of nitrogens with one attached hydrogen (secondary N) is 1. The molecule has 0 aliphatic rings. The maximum Gasteiger partial charge on any atom is 0.0849 e. The lowest BCUT2D eigenvalue weighted by molar-refractivity contribution is 0.634. The highest BCUT2D eigenvalue weighted by Gasteiger charge is 2.10. The molecule has 1 unspecified atom stereocenters. The van der Waals surface area contributed by atoms with Gasteiger partial charge in [0.1, 0.15) is 0 Å². The summed E-state index contributed by atoms with van der Waals surface area (Å²) < 4.78 is 12.3. The Labute approximate surface area is 129 Å². The number of benzene rings is 2. The Morgan fingerprint density at radius 3 is 1.85 bits per heavy atom. The van der Waals surface area contributed by atoms with Crippen molar-refractivity contribution in [3.8, 4) is 0 Å². The summed E-state index contributed by atoms with van der Waals surface area (Å²) >= 11 is 0. The molecule has 2 rings (SSSR count). The van der Waals surface area contributed by atoms with E-state index in [0.717, 1.165) is 15.5 Å². The Balaban J connectivity index is 0.00000200. The van der Waals surface area contributed by atoms with E-state index in [1.54, 1.807) is 0 Å². The van der Waals surface area contributed by atoms with E-state index < -0.39 is 10.8 Å². The van der Waals surface area contributed by atoms with E-state index in [1.165, 1.54) is 0 Å². The summed E-state index contributed by atoms with van der Waals surface area (Å²) in [4.78, 5) is 1.66. The van der Waals surface area contributed by atoms with Gasteiger partial charge in [-0.25, -0.2) is 4.21 Å². The third-order valence-electron chi connectivity index (χ3n) is 2.55. The van der Waals surface area contributed by atoms with Gasteiger partial charge in [0, 0.05) is 21.0 Å². The smallest absolute Gasteiger partial charge is 0.0849 e. The molecule has 0 amide bonds. The first-order valence-corrected chi connectivity index (χ1v) is 7.46.